The Kier molecular flexibility index (Phi) is 7.13. The van der Waals surface area contributed by atoms with Gasteiger partial charge in [-0.2, -0.15) is 0 Å². The van der Waals surface area contributed by atoms with Crippen LogP contribution in [0.2, 0.25) is 0 Å². The fraction of sp³-hybridized carbons (Fsp3) is 0.579. The van der Waals surface area contributed by atoms with Gasteiger partial charge >= 0.3 is 0 Å². The normalized spacial score (nSPS) is 11.9. The van der Waals surface area contributed by atoms with Gasteiger partial charge in [-0.05, 0) is 58.3 Å². The second-order valence-corrected chi connectivity index (χ2v) is 7.00. The number of benzene rings is 1. The summed E-state index contributed by atoms with van der Waals surface area (Å²) >= 11 is 0. The smallest absolute Gasteiger partial charge is 0.0237 e. The molecule has 0 saturated carbocycles. The van der Waals surface area contributed by atoms with Crippen molar-refractivity contribution in [3.8, 4) is 0 Å². The molecule has 0 unspecified atom stereocenters. The zero-order valence-corrected chi connectivity index (χ0v) is 14.5. The van der Waals surface area contributed by atoms with Gasteiger partial charge in [0.2, 0.25) is 0 Å². The van der Waals surface area contributed by atoms with E-state index in [2.05, 4.69) is 75.7 Å². The van der Waals surface area contributed by atoms with Crippen molar-refractivity contribution >= 4 is 0 Å². The topological polar surface area (TPSA) is 15.3 Å². The van der Waals surface area contributed by atoms with E-state index in [4.69, 9.17) is 0 Å². The molecule has 0 amide bonds. The van der Waals surface area contributed by atoms with E-state index in [9.17, 15) is 0 Å². The van der Waals surface area contributed by atoms with E-state index < -0.39 is 0 Å². The highest BCUT2D eigenvalue weighted by atomic mass is 15.1. The Labute approximate surface area is 131 Å². The minimum atomic E-state index is 0.199. The molecule has 1 aromatic carbocycles. The SMILES string of the molecule is C=C(C)CN(CC)Cc1ccc(CCNC(C)(C)C)cc1. The molecule has 0 radical (unpaired) electrons. The van der Waals surface area contributed by atoms with Crippen LogP contribution in [0.1, 0.15) is 45.7 Å². The monoisotopic (exact) mass is 288 g/mol. The Morgan fingerprint density at radius 3 is 2.19 bits per heavy atom. The third-order valence-corrected chi connectivity index (χ3v) is 3.44. The molecule has 1 aromatic rings. The Morgan fingerprint density at radius 1 is 1.14 bits per heavy atom. The van der Waals surface area contributed by atoms with Crippen LogP contribution in [0.3, 0.4) is 0 Å². The van der Waals surface area contributed by atoms with Gasteiger partial charge in [0.15, 0.2) is 0 Å². The third-order valence-electron chi connectivity index (χ3n) is 3.44. The summed E-state index contributed by atoms with van der Waals surface area (Å²) in [6, 6.07) is 9.03. The molecule has 2 nitrogen and oxygen atoms in total. The molecule has 0 fully saturated rings. The van der Waals surface area contributed by atoms with Crippen LogP contribution < -0.4 is 5.32 Å². The maximum atomic E-state index is 4.00. The summed E-state index contributed by atoms with van der Waals surface area (Å²) in [4.78, 5) is 2.42. The molecule has 0 aliphatic carbocycles. The molecular formula is C19H32N2. The largest absolute Gasteiger partial charge is 0.312 e. The van der Waals surface area contributed by atoms with Crippen LogP contribution >= 0.6 is 0 Å². The van der Waals surface area contributed by atoms with Crippen molar-refractivity contribution < 1.29 is 0 Å². The van der Waals surface area contributed by atoms with Gasteiger partial charge in [-0.1, -0.05) is 43.3 Å². The average molecular weight is 288 g/mol. The first-order chi connectivity index (χ1) is 9.80. The number of hydrogen-bond acceptors (Lipinski definition) is 2. The summed E-state index contributed by atoms with van der Waals surface area (Å²) < 4.78 is 0. The predicted molar refractivity (Wildman–Crippen MR) is 93.7 cm³/mol. The van der Waals surface area contributed by atoms with Gasteiger partial charge in [0.1, 0.15) is 0 Å². The van der Waals surface area contributed by atoms with E-state index >= 15 is 0 Å². The lowest BCUT2D eigenvalue weighted by Crippen LogP contribution is -2.37. The first-order valence-corrected chi connectivity index (χ1v) is 7.99. The van der Waals surface area contributed by atoms with Crippen molar-refractivity contribution in [3.05, 3.63) is 47.5 Å². The van der Waals surface area contributed by atoms with Crippen LogP contribution in [0.15, 0.2) is 36.4 Å². The van der Waals surface area contributed by atoms with Gasteiger partial charge in [0.05, 0.1) is 0 Å². The lowest BCUT2D eigenvalue weighted by molar-refractivity contribution is 0.304. The molecule has 118 valence electrons. The number of nitrogens with zero attached hydrogens (tertiary/aromatic N) is 1. The van der Waals surface area contributed by atoms with E-state index in [1.165, 1.54) is 16.7 Å². The van der Waals surface area contributed by atoms with E-state index in [-0.39, 0.29) is 5.54 Å². The van der Waals surface area contributed by atoms with Gasteiger partial charge < -0.3 is 5.32 Å². The van der Waals surface area contributed by atoms with E-state index in [1.807, 2.05) is 0 Å². The molecule has 0 atom stereocenters. The second kappa shape index (κ2) is 8.35. The fourth-order valence-corrected chi connectivity index (χ4v) is 2.31. The number of hydrogen-bond donors (Lipinski definition) is 1. The van der Waals surface area contributed by atoms with Crippen LogP contribution in [0.4, 0.5) is 0 Å². The van der Waals surface area contributed by atoms with Crippen LogP contribution in [0.5, 0.6) is 0 Å². The number of likely N-dealkylation sites (N-methyl/N-ethyl adjacent to an activating group) is 1. The molecule has 0 aliphatic rings. The fourth-order valence-electron chi connectivity index (χ4n) is 2.31. The maximum Gasteiger partial charge on any atom is 0.0237 e. The Balaban J connectivity index is 2.47. The number of rotatable bonds is 8. The number of nitrogens with one attached hydrogen (secondary N) is 1. The molecule has 0 spiro atoms. The van der Waals surface area contributed by atoms with Crippen molar-refractivity contribution in [2.24, 2.45) is 0 Å². The van der Waals surface area contributed by atoms with Crippen LogP contribution in [0.25, 0.3) is 0 Å². The summed E-state index contributed by atoms with van der Waals surface area (Å²) in [6.07, 6.45) is 1.08. The highest BCUT2D eigenvalue weighted by Gasteiger charge is 2.08. The zero-order valence-electron chi connectivity index (χ0n) is 14.5. The van der Waals surface area contributed by atoms with Crippen LogP contribution in [-0.4, -0.2) is 30.1 Å². The highest BCUT2D eigenvalue weighted by Crippen LogP contribution is 2.09. The van der Waals surface area contributed by atoms with Crippen LogP contribution in [-0.2, 0) is 13.0 Å². The van der Waals surface area contributed by atoms with Crippen molar-refractivity contribution in [2.75, 3.05) is 19.6 Å². The average Bonchev–Trinajstić information content (AvgIpc) is 2.38. The molecule has 1 N–H and O–H groups in total. The van der Waals surface area contributed by atoms with Crippen molar-refractivity contribution in [1.82, 2.24) is 10.2 Å². The lowest BCUT2D eigenvalue weighted by Gasteiger charge is -2.21. The van der Waals surface area contributed by atoms with E-state index in [0.717, 1.165) is 32.6 Å². The quantitative estimate of drug-likeness (QED) is 0.727. The minimum Gasteiger partial charge on any atom is -0.312 e. The zero-order chi connectivity index (χ0) is 15.9. The van der Waals surface area contributed by atoms with Gasteiger partial charge in [-0.15, -0.1) is 0 Å². The molecule has 0 bridgehead atoms. The molecular weight excluding hydrogens is 256 g/mol. The molecule has 0 aliphatic heterocycles. The van der Waals surface area contributed by atoms with Crippen molar-refractivity contribution in [1.29, 1.82) is 0 Å². The lowest BCUT2D eigenvalue weighted by atomic mass is 10.1. The third kappa shape index (κ3) is 8.03. The Bertz CT molecular complexity index is 426. The minimum absolute atomic E-state index is 0.199. The van der Waals surface area contributed by atoms with E-state index in [1.54, 1.807) is 0 Å². The van der Waals surface area contributed by atoms with E-state index in [0.29, 0.717) is 0 Å². The van der Waals surface area contributed by atoms with Crippen molar-refractivity contribution in [2.45, 2.75) is 53.1 Å². The van der Waals surface area contributed by atoms with Gasteiger partial charge in [-0.3, -0.25) is 4.90 Å². The van der Waals surface area contributed by atoms with Gasteiger partial charge in [0.25, 0.3) is 0 Å². The standard InChI is InChI=1S/C19H32N2/c1-7-21(14-16(2)3)15-18-10-8-17(9-11-18)12-13-20-19(4,5)6/h8-11,20H,2,7,12-15H2,1,3-6H3. The summed E-state index contributed by atoms with van der Waals surface area (Å²) in [5.41, 5.74) is 4.20. The van der Waals surface area contributed by atoms with Crippen LogP contribution in [0, 0.1) is 0 Å². The molecule has 0 heterocycles. The van der Waals surface area contributed by atoms with Gasteiger partial charge in [-0.25, -0.2) is 0 Å². The predicted octanol–water partition coefficient (Wildman–Crippen LogP) is 4.02. The molecule has 2 heteroatoms. The highest BCUT2D eigenvalue weighted by molar-refractivity contribution is 5.23. The Morgan fingerprint density at radius 2 is 1.71 bits per heavy atom. The summed E-state index contributed by atoms with van der Waals surface area (Å²) in [6.45, 7) is 19.0. The maximum absolute atomic E-state index is 4.00. The molecule has 1 rings (SSSR count). The first-order valence-electron chi connectivity index (χ1n) is 7.99. The summed E-state index contributed by atoms with van der Waals surface area (Å²) in [5.74, 6) is 0. The molecule has 0 saturated heterocycles. The second-order valence-electron chi connectivity index (χ2n) is 7.00. The van der Waals surface area contributed by atoms with Crippen molar-refractivity contribution in [3.63, 3.8) is 0 Å². The molecule has 21 heavy (non-hydrogen) atoms. The first kappa shape index (κ1) is 17.9. The van der Waals surface area contributed by atoms with Gasteiger partial charge in [0, 0.05) is 18.6 Å². The Hall–Kier alpha value is -1.12. The summed E-state index contributed by atoms with van der Waals surface area (Å²) in [5, 5.41) is 3.53. The summed E-state index contributed by atoms with van der Waals surface area (Å²) in [7, 11) is 0. The molecule has 0 aromatic heterocycles.